The van der Waals surface area contributed by atoms with Gasteiger partial charge in [-0.3, -0.25) is 4.79 Å². The minimum atomic E-state index is -0.223. The van der Waals surface area contributed by atoms with E-state index in [0.717, 1.165) is 49.9 Å². The minimum Gasteiger partial charge on any atom is -0.330 e. The van der Waals surface area contributed by atoms with Crippen molar-refractivity contribution < 1.29 is 9.18 Å². The fourth-order valence-electron chi connectivity index (χ4n) is 3.64. The highest BCUT2D eigenvalue weighted by Crippen LogP contribution is 2.36. The number of anilines is 1. The maximum Gasteiger partial charge on any atom is 0.230 e. The average Bonchev–Trinajstić information content (AvgIpc) is 2.94. The van der Waals surface area contributed by atoms with Crippen molar-refractivity contribution in [1.82, 2.24) is 0 Å². The van der Waals surface area contributed by atoms with Crippen LogP contribution < -0.4 is 10.6 Å². The van der Waals surface area contributed by atoms with Crippen LogP contribution in [0, 0.1) is 17.7 Å². The lowest BCUT2D eigenvalue weighted by Gasteiger charge is -2.33. The molecule has 1 amide bonds. The number of hydrogen-bond acceptors (Lipinski definition) is 2. The number of carbonyl (C=O) groups is 1. The van der Waals surface area contributed by atoms with Crippen LogP contribution in [0.2, 0.25) is 0 Å². The SMILES string of the molecule is Cl.NC[C@H]1CCC[C@H]1C(=O)N1CCCc2cc(F)ccc21. The number of fused-ring (bicyclic) bond motifs is 1. The highest BCUT2D eigenvalue weighted by atomic mass is 35.5. The number of aryl methyl sites for hydroxylation is 1. The second kappa shape index (κ2) is 6.75. The standard InChI is InChI=1S/C16H21FN2O.ClH/c17-13-6-7-15-11(9-13)4-2-8-19(15)16(20)14-5-1-3-12(14)10-18;/h6-7,9,12,14H,1-5,8,10,18H2;1H/t12-,14-;/m1./s1. The molecule has 0 saturated heterocycles. The lowest BCUT2D eigenvalue weighted by atomic mass is 9.92. The van der Waals surface area contributed by atoms with Gasteiger partial charge in [-0.2, -0.15) is 0 Å². The summed E-state index contributed by atoms with van der Waals surface area (Å²) in [6.45, 7) is 1.33. The molecule has 1 aromatic rings. The predicted molar refractivity (Wildman–Crippen MR) is 84.2 cm³/mol. The molecule has 0 spiro atoms. The molecule has 21 heavy (non-hydrogen) atoms. The van der Waals surface area contributed by atoms with Gasteiger partial charge in [-0.25, -0.2) is 4.39 Å². The number of halogens is 2. The van der Waals surface area contributed by atoms with Crippen LogP contribution in [-0.2, 0) is 11.2 Å². The third kappa shape index (κ3) is 3.06. The van der Waals surface area contributed by atoms with E-state index in [2.05, 4.69) is 0 Å². The van der Waals surface area contributed by atoms with Crippen LogP contribution in [0.25, 0.3) is 0 Å². The quantitative estimate of drug-likeness (QED) is 0.912. The number of amides is 1. The molecule has 2 aliphatic rings. The third-order valence-corrected chi connectivity index (χ3v) is 4.71. The highest BCUT2D eigenvalue weighted by molar-refractivity contribution is 5.96. The Kier molecular flexibility index (Phi) is 5.22. The third-order valence-electron chi connectivity index (χ3n) is 4.71. The van der Waals surface area contributed by atoms with Gasteiger partial charge in [-0.05, 0) is 61.9 Å². The molecular formula is C16H22ClFN2O. The topological polar surface area (TPSA) is 46.3 Å². The number of carbonyl (C=O) groups excluding carboxylic acids is 1. The summed E-state index contributed by atoms with van der Waals surface area (Å²) in [4.78, 5) is 14.7. The van der Waals surface area contributed by atoms with Gasteiger partial charge >= 0.3 is 0 Å². The van der Waals surface area contributed by atoms with Crippen molar-refractivity contribution in [3.05, 3.63) is 29.6 Å². The van der Waals surface area contributed by atoms with Crippen molar-refractivity contribution in [2.24, 2.45) is 17.6 Å². The van der Waals surface area contributed by atoms with E-state index in [4.69, 9.17) is 5.73 Å². The molecule has 116 valence electrons. The molecule has 1 fully saturated rings. The summed E-state index contributed by atoms with van der Waals surface area (Å²) in [5.74, 6) is 0.327. The maximum atomic E-state index is 13.3. The fraction of sp³-hybridized carbons (Fsp3) is 0.562. The van der Waals surface area contributed by atoms with Crippen LogP contribution in [0.5, 0.6) is 0 Å². The van der Waals surface area contributed by atoms with Gasteiger partial charge in [0.25, 0.3) is 0 Å². The first-order valence-corrected chi connectivity index (χ1v) is 7.50. The molecule has 0 radical (unpaired) electrons. The van der Waals surface area contributed by atoms with E-state index in [0.29, 0.717) is 12.5 Å². The van der Waals surface area contributed by atoms with Crippen LogP contribution >= 0.6 is 12.4 Å². The second-order valence-electron chi connectivity index (χ2n) is 5.90. The van der Waals surface area contributed by atoms with Crippen molar-refractivity contribution in [1.29, 1.82) is 0 Å². The second-order valence-corrected chi connectivity index (χ2v) is 5.90. The van der Waals surface area contributed by atoms with E-state index in [1.165, 1.54) is 6.07 Å². The van der Waals surface area contributed by atoms with Crippen LogP contribution in [0.4, 0.5) is 10.1 Å². The van der Waals surface area contributed by atoms with E-state index in [-0.39, 0.29) is 30.0 Å². The Hall–Kier alpha value is -1.13. The summed E-state index contributed by atoms with van der Waals surface area (Å²) in [6.07, 6.45) is 4.83. The monoisotopic (exact) mass is 312 g/mol. The molecule has 5 heteroatoms. The summed E-state index contributed by atoms with van der Waals surface area (Å²) in [6, 6.07) is 4.75. The molecule has 0 aromatic heterocycles. The van der Waals surface area contributed by atoms with Crippen molar-refractivity contribution in [3.8, 4) is 0 Å². The zero-order chi connectivity index (χ0) is 14.1. The number of nitrogens with zero attached hydrogens (tertiary/aromatic N) is 1. The Morgan fingerprint density at radius 3 is 2.90 bits per heavy atom. The highest BCUT2D eigenvalue weighted by Gasteiger charge is 2.36. The fourth-order valence-corrected chi connectivity index (χ4v) is 3.64. The van der Waals surface area contributed by atoms with Crippen molar-refractivity contribution in [2.45, 2.75) is 32.1 Å². The first-order valence-electron chi connectivity index (χ1n) is 7.50. The van der Waals surface area contributed by atoms with E-state index >= 15 is 0 Å². The summed E-state index contributed by atoms with van der Waals surface area (Å²) < 4.78 is 13.3. The van der Waals surface area contributed by atoms with Gasteiger partial charge in [0.1, 0.15) is 5.82 Å². The van der Waals surface area contributed by atoms with E-state index in [9.17, 15) is 9.18 Å². The Morgan fingerprint density at radius 1 is 1.33 bits per heavy atom. The van der Waals surface area contributed by atoms with Gasteiger partial charge < -0.3 is 10.6 Å². The van der Waals surface area contributed by atoms with Crippen LogP contribution in [0.1, 0.15) is 31.2 Å². The summed E-state index contributed by atoms with van der Waals surface area (Å²) >= 11 is 0. The Balaban J connectivity index is 0.00000161. The van der Waals surface area contributed by atoms with Crippen LogP contribution in [-0.4, -0.2) is 19.0 Å². The van der Waals surface area contributed by atoms with Gasteiger partial charge in [-0.1, -0.05) is 6.42 Å². The normalized spacial score (nSPS) is 24.4. The Morgan fingerprint density at radius 2 is 2.14 bits per heavy atom. The van der Waals surface area contributed by atoms with Gasteiger partial charge in [0.15, 0.2) is 0 Å². The molecule has 1 aliphatic carbocycles. The molecule has 0 unspecified atom stereocenters. The molecule has 1 aromatic carbocycles. The molecule has 1 aliphatic heterocycles. The lowest BCUT2D eigenvalue weighted by Crippen LogP contribution is -2.41. The van der Waals surface area contributed by atoms with Crippen molar-refractivity contribution in [2.75, 3.05) is 18.0 Å². The molecule has 3 rings (SSSR count). The predicted octanol–water partition coefficient (Wildman–Crippen LogP) is 2.90. The minimum absolute atomic E-state index is 0. The number of benzene rings is 1. The Bertz CT molecular complexity index is 523. The van der Waals surface area contributed by atoms with Crippen LogP contribution in [0.15, 0.2) is 18.2 Å². The van der Waals surface area contributed by atoms with Gasteiger partial charge in [0, 0.05) is 18.2 Å². The van der Waals surface area contributed by atoms with Crippen LogP contribution in [0.3, 0.4) is 0 Å². The Labute approximate surface area is 131 Å². The molecule has 1 heterocycles. The summed E-state index contributed by atoms with van der Waals surface area (Å²) in [7, 11) is 0. The van der Waals surface area contributed by atoms with Gasteiger partial charge in [-0.15, -0.1) is 12.4 Å². The average molecular weight is 313 g/mol. The van der Waals surface area contributed by atoms with Gasteiger partial charge in [0.05, 0.1) is 0 Å². The number of nitrogens with two attached hydrogens (primary N) is 1. The number of rotatable bonds is 2. The summed E-state index contributed by atoms with van der Waals surface area (Å²) in [5, 5.41) is 0. The van der Waals surface area contributed by atoms with E-state index in [1.54, 1.807) is 12.1 Å². The molecular weight excluding hydrogens is 291 g/mol. The number of hydrogen-bond donors (Lipinski definition) is 1. The molecule has 1 saturated carbocycles. The van der Waals surface area contributed by atoms with E-state index < -0.39 is 0 Å². The van der Waals surface area contributed by atoms with Crippen molar-refractivity contribution in [3.63, 3.8) is 0 Å². The molecule has 2 N–H and O–H groups in total. The molecule has 3 nitrogen and oxygen atoms in total. The van der Waals surface area contributed by atoms with Crippen molar-refractivity contribution >= 4 is 24.0 Å². The zero-order valence-corrected chi connectivity index (χ0v) is 12.9. The zero-order valence-electron chi connectivity index (χ0n) is 12.1. The molecule has 0 bridgehead atoms. The lowest BCUT2D eigenvalue weighted by molar-refractivity contribution is -0.123. The van der Waals surface area contributed by atoms with E-state index in [1.807, 2.05) is 4.90 Å². The largest absolute Gasteiger partial charge is 0.330 e. The maximum absolute atomic E-state index is 13.3. The first kappa shape index (κ1) is 16.2. The molecule has 2 atom stereocenters. The summed E-state index contributed by atoms with van der Waals surface area (Å²) in [5.41, 5.74) is 7.63. The first-order chi connectivity index (χ1) is 9.70. The van der Waals surface area contributed by atoms with Gasteiger partial charge in [0.2, 0.25) is 5.91 Å². The smallest absolute Gasteiger partial charge is 0.230 e.